The van der Waals surface area contributed by atoms with Crippen LogP contribution in [0, 0.1) is 0 Å². The number of carbonyl (C=O) groups is 8. The third kappa shape index (κ3) is 11.1. The Kier molecular flexibility index (Phi) is 13.3. The maximum Gasteiger partial charge on any atom is 0.308 e. The highest BCUT2D eigenvalue weighted by Gasteiger charge is 2.33. The topological polar surface area (TPSA) is 210 Å². The highest BCUT2D eigenvalue weighted by atomic mass is 16.6. The van der Waals surface area contributed by atoms with Crippen molar-refractivity contribution in [3.05, 3.63) is 94.0 Å². The number of hydrogen-bond acceptors (Lipinski definition) is 16. The molecule has 0 bridgehead atoms. The maximum absolute atomic E-state index is 12.7. The zero-order valence-electron chi connectivity index (χ0n) is 33.7. The summed E-state index contributed by atoms with van der Waals surface area (Å²) in [4.78, 5) is 98.4. The van der Waals surface area contributed by atoms with Gasteiger partial charge in [0.25, 0.3) is 0 Å². The van der Waals surface area contributed by atoms with Crippen molar-refractivity contribution >= 4 is 59.4 Å². The van der Waals surface area contributed by atoms with Crippen LogP contribution in [0.4, 0.5) is 0 Å². The lowest BCUT2D eigenvalue weighted by molar-refractivity contribution is -0.134. The van der Waals surface area contributed by atoms with Gasteiger partial charge in [-0.15, -0.1) is 0 Å². The molecule has 4 aromatic rings. The summed E-state index contributed by atoms with van der Waals surface area (Å²) in [6.07, 6.45) is 1.61. The molecule has 310 valence electrons. The second kappa shape index (κ2) is 18.3. The molecule has 0 saturated carbocycles. The molecule has 16 heteroatoms. The van der Waals surface area contributed by atoms with Crippen LogP contribution in [0.1, 0.15) is 94.7 Å². The minimum absolute atomic E-state index is 0.0150. The number of carbonyl (C=O) groups excluding carboxylic acids is 8. The zero-order valence-corrected chi connectivity index (χ0v) is 33.7. The van der Waals surface area contributed by atoms with E-state index >= 15 is 0 Å². The standard InChI is InChI=1S/C44H38O16/c1-21(45)53-32-11-29(12-33(17-32)54-22(2)46)13-38-37-20-42(59-27(7)51)41(58-26(6)50)19-36(37)35(30-9-10-39(56-24(4)48)40(16-30)57-25(5)49)15-31-14-34(55-23(3)47)18-43(44(31)38)60-28(8)52/h9-12,14-20,38H,13H2,1-8H3. The molecule has 0 aliphatic heterocycles. The second-order valence-corrected chi connectivity index (χ2v) is 13.3. The molecule has 0 fully saturated rings. The summed E-state index contributed by atoms with van der Waals surface area (Å²) in [6, 6.07) is 14.6. The van der Waals surface area contributed by atoms with Crippen LogP contribution in [0.5, 0.6) is 46.0 Å². The Morgan fingerprint density at radius 2 is 0.867 bits per heavy atom. The minimum atomic E-state index is -0.934. The fourth-order valence-corrected chi connectivity index (χ4v) is 6.57. The van der Waals surface area contributed by atoms with Crippen molar-refractivity contribution in [2.24, 2.45) is 0 Å². The Morgan fingerprint density at radius 1 is 0.433 bits per heavy atom. The molecule has 0 spiro atoms. The van der Waals surface area contributed by atoms with Gasteiger partial charge in [-0.1, -0.05) is 6.07 Å². The lowest BCUT2D eigenvalue weighted by Gasteiger charge is -2.25. The van der Waals surface area contributed by atoms with E-state index < -0.39 is 53.7 Å². The number of benzene rings is 4. The highest BCUT2D eigenvalue weighted by Crippen LogP contribution is 2.50. The average Bonchev–Trinajstić information content (AvgIpc) is 3.21. The molecule has 4 aromatic carbocycles. The number of fused-ring (bicyclic) bond motifs is 2. The first-order valence-corrected chi connectivity index (χ1v) is 18.1. The van der Waals surface area contributed by atoms with E-state index in [1.165, 1.54) is 89.2 Å². The van der Waals surface area contributed by atoms with Gasteiger partial charge in [-0.3, -0.25) is 38.4 Å². The third-order valence-corrected chi connectivity index (χ3v) is 8.26. The van der Waals surface area contributed by atoms with Crippen molar-refractivity contribution in [2.75, 3.05) is 0 Å². The van der Waals surface area contributed by atoms with E-state index in [1.807, 2.05) is 0 Å². The first-order chi connectivity index (χ1) is 28.3. The first-order valence-electron chi connectivity index (χ1n) is 18.1. The number of rotatable bonds is 11. The summed E-state index contributed by atoms with van der Waals surface area (Å²) < 4.78 is 44.0. The van der Waals surface area contributed by atoms with Crippen molar-refractivity contribution in [3.8, 4) is 46.0 Å². The molecule has 0 saturated heterocycles. The van der Waals surface area contributed by atoms with Gasteiger partial charge in [0.15, 0.2) is 23.0 Å². The largest absolute Gasteiger partial charge is 0.427 e. The molecular weight excluding hydrogens is 784 g/mol. The second-order valence-electron chi connectivity index (χ2n) is 13.3. The minimum Gasteiger partial charge on any atom is -0.427 e. The first kappa shape index (κ1) is 43.5. The summed E-state index contributed by atoms with van der Waals surface area (Å²) >= 11 is 0. The van der Waals surface area contributed by atoms with Crippen LogP contribution in [-0.2, 0) is 44.8 Å². The Hall–Kier alpha value is -7.62. The van der Waals surface area contributed by atoms with Crippen LogP contribution in [0.25, 0.3) is 11.6 Å². The Bertz CT molecular complexity index is 2480. The molecule has 0 heterocycles. The monoisotopic (exact) mass is 822 g/mol. The van der Waals surface area contributed by atoms with Crippen LogP contribution in [0.15, 0.2) is 60.7 Å². The van der Waals surface area contributed by atoms with Crippen LogP contribution in [0.3, 0.4) is 0 Å². The van der Waals surface area contributed by atoms with E-state index in [0.717, 1.165) is 20.8 Å². The van der Waals surface area contributed by atoms with Gasteiger partial charge in [-0.05, 0) is 88.4 Å². The number of ether oxygens (including phenoxy) is 8. The molecule has 0 amide bonds. The van der Waals surface area contributed by atoms with Gasteiger partial charge >= 0.3 is 47.8 Å². The summed E-state index contributed by atoms with van der Waals surface area (Å²) in [5.41, 5.74) is 2.44. The summed E-state index contributed by atoms with van der Waals surface area (Å²) in [5, 5.41) is 0. The molecule has 1 aliphatic carbocycles. The van der Waals surface area contributed by atoms with Gasteiger partial charge in [0.1, 0.15) is 23.0 Å². The quantitative estimate of drug-likeness (QED) is 0.119. The molecular formula is C44H38O16. The van der Waals surface area contributed by atoms with Gasteiger partial charge in [0, 0.05) is 79.0 Å². The molecule has 1 atom stereocenters. The van der Waals surface area contributed by atoms with E-state index in [2.05, 4.69) is 0 Å². The zero-order chi connectivity index (χ0) is 44.0. The molecule has 16 nitrogen and oxygen atoms in total. The van der Waals surface area contributed by atoms with Gasteiger partial charge in [0.2, 0.25) is 0 Å². The van der Waals surface area contributed by atoms with Crippen LogP contribution in [0.2, 0.25) is 0 Å². The number of hydrogen-bond donors (Lipinski definition) is 0. The maximum atomic E-state index is 12.7. The van der Waals surface area contributed by atoms with E-state index in [0.29, 0.717) is 39.0 Å². The van der Waals surface area contributed by atoms with Crippen molar-refractivity contribution in [1.29, 1.82) is 0 Å². The molecule has 1 aliphatic rings. The fraction of sp³-hybridized carbons (Fsp3) is 0.227. The molecule has 60 heavy (non-hydrogen) atoms. The summed E-state index contributed by atoms with van der Waals surface area (Å²) in [5.74, 6) is -7.17. The van der Waals surface area contributed by atoms with E-state index in [-0.39, 0.29) is 52.4 Å². The molecule has 0 aromatic heterocycles. The van der Waals surface area contributed by atoms with Crippen molar-refractivity contribution in [3.63, 3.8) is 0 Å². The molecule has 0 N–H and O–H groups in total. The van der Waals surface area contributed by atoms with Crippen molar-refractivity contribution in [2.45, 2.75) is 67.7 Å². The smallest absolute Gasteiger partial charge is 0.308 e. The fourth-order valence-electron chi connectivity index (χ4n) is 6.57. The van der Waals surface area contributed by atoms with E-state index in [4.69, 9.17) is 37.9 Å². The Morgan fingerprint density at radius 3 is 1.37 bits per heavy atom. The average molecular weight is 823 g/mol. The normalized spacial score (nSPS) is 12.5. The van der Waals surface area contributed by atoms with Crippen LogP contribution >= 0.6 is 0 Å². The SMILES string of the molecule is CC(=O)Oc1cc(CC2c3cc(OC(C)=O)c(OC(C)=O)cc3C(c3ccc(OC(C)=O)c(OC(C)=O)c3)=Cc3cc(OC(C)=O)cc(OC(C)=O)c32)cc(OC(C)=O)c1. The summed E-state index contributed by atoms with van der Waals surface area (Å²) in [6.45, 7) is 9.36. The number of esters is 8. The van der Waals surface area contributed by atoms with Crippen molar-refractivity contribution in [1.82, 2.24) is 0 Å². The van der Waals surface area contributed by atoms with Gasteiger partial charge in [-0.25, -0.2) is 0 Å². The lowest BCUT2D eigenvalue weighted by Crippen LogP contribution is -2.15. The van der Waals surface area contributed by atoms with Gasteiger partial charge in [0.05, 0.1) is 0 Å². The predicted molar refractivity (Wildman–Crippen MR) is 209 cm³/mol. The summed E-state index contributed by atoms with van der Waals surface area (Å²) in [7, 11) is 0. The van der Waals surface area contributed by atoms with Gasteiger partial charge in [-0.2, -0.15) is 0 Å². The van der Waals surface area contributed by atoms with Crippen LogP contribution < -0.4 is 37.9 Å². The molecule has 1 unspecified atom stereocenters. The third-order valence-electron chi connectivity index (χ3n) is 8.26. The van der Waals surface area contributed by atoms with Gasteiger partial charge < -0.3 is 37.9 Å². The predicted octanol–water partition coefficient (Wildman–Crippen LogP) is 6.37. The Labute approximate surface area is 342 Å². The van der Waals surface area contributed by atoms with E-state index in [1.54, 1.807) is 12.1 Å². The lowest BCUT2D eigenvalue weighted by atomic mass is 9.81. The van der Waals surface area contributed by atoms with E-state index in [9.17, 15) is 38.4 Å². The van der Waals surface area contributed by atoms with Crippen LogP contribution in [-0.4, -0.2) is 47.8 Å². The molecule has 5 rings (SSSR count). The van der Waals surface area contributed by atoms with Crippen molar-refractivity contribution < 1.29 is 76.3 Å². The Balaban J connectivity index is 1.96. The molecule has 0 radical (unpaired) electrons. The highest BCUT2D eigenvalue weighted by molar-refractivity contribution is 5.97.